The molecule has 1 heterocycles. The van der Waals surface area contributed by atoms with E-state index in [1.54, 1.807) is 10.6 Å². The van der Waals surface area contributed by atoms with Crippen LogP contribution in [0, 0.1) is 12.8 Å². The standard InChI is InChI=1S/C25H29N3O2S/c1-16-10-4-7-13-20(16)26-23(29)18(3)31-25-27-21-14-8-6-12-19(21)24(30)28(25)22-15-9-5-11-17(22)2/h5-6,8-9,11-12,14-16,18,20H,4,7,10,13H2,1-3H3,(H,26,29). The molecule has 3 aromatic rings. The molecule has 1 fully saturated rings. The molecule has 4 rings (SSSR count). The fourth-order valence-corrected chi connectivity index (χ4v) is 5.19. The first-order valence-corrected chi connectivity index (χ1v) is 11.9. The number of carbonyl (C=O) groups is 1. The minimum absolute atomic E-state index is 0.00231. The number of nitrogens with zero attached hydrogens (tertiary/aromatic N) is 2. The Kier molecular flexibility index (Phi) is 6.46. The Hall–Kier alpha value is -2.60. The van der Waals surface area contributed by atoms with Gasteiger partial charge in [0, 0.05) is 6.04 Å². The first-order chi connectivity index (χ1) is 15.0. The van der Waals surface area contributed by atoms with Crippen LogP contribution in [-0.2, 0) is 4.79 Å². The van der Waals surface area contributed by atoms with Crippen LogP contribution in [-0.4, -0.2) is 26.8 Å². The molecule has 1 amide bonds. The number of thioether (sulfide) groups is 1. The summed E-state index contributed by atoms with van der Waals surface area (Å²) in [5, 5.41) is 3.98. The lowest BCUT2D eigenvalue weighted by Gasteiger charge is -2.30. The monoisotopic (exact) mass is 435 g/mol. The first-order valence-electron chi connectivity index (χ1n) is 11.0. The van der Waals surface area contributed by atoms with Crippen molar-refractivity contribution in [2.45, 2.75) is 62.9 Å². The molecular formula is C25H29N3O2S. The molecule has 162 valence electrons. The van der Waals surface area contributed by atoms with Gasteiger partial charge in [-0.3, -0.25) is 14.2 Å². The molecule has 0 bridgehead atoms. The maximum absolute atomic E-state index is 13.4. The molecule has 3 unspecified atom stereocenters. The summed E-state index contributed by atoms with van der Waals surface area (Å²) in [4.78, 5) is 31.2. The second-order valence-corrected chi connectivity index (χ2v) is 9.78. The van der Waals surface area contributed by atoms with Gasteiger partial charge >= 0.3 is 0 Å². The summed E-state index contributed by atoms with van der Waals surface area (Å²) in [6.45, 7) is 6.08. The van der Waals surface area contributed by atoms with E-state index in [-0.39, 0.29) is 22.8 Å². The lowest BCUT2D eigenvalue weighted by atomic mass is 9.86. The van der Waals surface area contributed by atoms with Gasteiger partial charge in [-0.05, 0) is 56.4 Å². The van der Waals surface area contributed by atoms with E-state index in [2.05, 4.69) is 12.2 Å². The number of hydrogen-bond acceptors (Lipinski definition) is 4. The Morgan fingerprint density at radius 1 is 1.13 bits per heavy atom. The molecular weight excluding hydrogens is 406 g/mol. The van der Waals surface area contributed by atoms with Gasteiger partial charge in [0.25, 0.3) is 5.56 Å². The van der Waals surface area contributed by atoms with E-state index in [4.69, 9.17) is 4.98 Å². The summed E-state index contributed by atoms with van der Waals surface area (Å²) < 4.78 is 1.65. The van der Waals surface area contributed by atoms with Crippen LogP contribution in [0.4, 0.5) is 0 Å². The summed E-state index contributed by atoms with van der Waals surface area (Å²) in [5.74, 6) is 0.501. The van der Waals surface area contributed by atoms with Crippen LogP contribution in [0.2, 0.25) is 0 Å². The normalized spacial score (nSPS) is 19.8. The Labute approximate surface area is 187 Å². The maximum Gasteiger partial charge on any atom is 0.266 e. The molecule has 0 aliphatic heterocycles. The van der Waals surface area contributed by atoms with Crippen LogP contribution in [0.15, 0.2) is 58.5 Å². The molecule has 31 heavy (non-hydrogen) atoms. The SMILES string of the molecule is Cc1ccccc1-n1c(SC(C)C(=O)NC2CCCCC2C)nc2ccccc2c1=O. The number of nitrogens with one attached hydrogen (secondary N) is 1. The van der Waals surface area contributed by atoms with Crippen LogP contribution in [0.3, 0.4) is 0 Å². The van der Waals surface area contributed by atoms with Crippen molar-refractivity contribution in [2.24, 2.45) is 5.92 Å². The largest absolute Gasteiger partial charge is 0.352 e. The van der Waals surface area contributed by atoms with Gasteiger partial charge in [-0.1, -0.05) is 61.9 Å². The molecule has 1 aliphatic carbocycles. The lowest BCUT2D eigenvalue weighted by molar-refractivity contribution is -0.121. The third-order valence-electron chi connectivity index (χ3n) is 6.19. The van der Waals surface area contributed by atoms with Gasteiger partial charge in [-0.25, -0.2) is 4.98 Å². The van der Waals surface area contributed by atoms with E-state index in [1.807, 2.05) is 56.3 Å². The highest BCUT2D eigenvalue weighted by atomic mass is 32.2. The third kappa shape index (κ3) is 4.54. The molecule has 6 heteroatoms. The van der Waals surface area contributed by atoms with E-state index < -0.39 is 0 Å². The van der Waals surface area contributed by atoms with Gasteiger partial charge in [0.1, 0.15) is 0 Å². The van der Waals surface area contributed by atoms with Crippen molar-refractivity contribution >= 4 is 28.6 Å². The minimum Gasteiger partial charge on any atom is -0.352 e. The first kappa shape index (κ1) is 21.6. The number of rotatable bonds is 5. The Bertz CT molecular complexity index is 1160. The Morgan fingerprint density at radius 2 is 1.84 bits per heavy atom. The summed E-state index contributed by atoms with van der Waals surface area (Å²) in [7, 11) is 0. The molecule has 5 nitrogen and oxygen atoms in total. The van der Waals surface area contributed by atoms with Gasteiger partial charge < -0.3 is 5.32 Å². The number of aryl methyl sites for hydroxylation is 1. The summed E-state index contributed by atoms with van der Waals surface area (Å²) in [6.07, 6.45) is 4.59. The smallest absolute Gasteiger partial charge is 0.266 e. The molecule has 1 saturated carbocycles. The molecule has 0 spiro atoms. The van der Waals surface area contributed by atoms with Crippen LogP contribution in [0.25, 0.3) is 16.6 Å². The van der Waals surface area contributed by atoms with Crippen molar-refractivity contribution in [3.63, 3.8) is 0 Å². The van der Waals surface area contributed by atoms with E-state index in [1.165, 1.54) is 18.2 Å². The maximum atomic E-state index is 13.4. The zero-order chi connectivity index (χ0) is 22.0. The molecule has 0 radical (unpaired) electrons. The highest BCUT2D eigenvalue weighted by molar-refractivity contribution is 8.00. The number of para-hydroxylation sites is 2. The molecule has 1 N–H and O–H groups in total. The molecule has 1 aromatic heterocycles. The minimum atomic E-state index is -0.363. The Morgan fingerprint density at radius 3 is 2.61 bits per heavy atom. The second kappa shape index (κ2) is 9.27. The van der Waals surface area contributed by atoms with E-state index >= 15 is 0 Å². The lowest BCUT2D eigenvalue weighted by Crippen LogP contribution is -2.44. The zero-order valence-electron chi connectivity index (χ0n) is 18.3. The summed E-state index contributed by atoms with van der Waals surface area (Å²) in [6, 6.07) is 15.4. The third-order valence-corrected chi connectivity index (χ3v) is 7.24. The van der Waals surface area contributed by atoms with Crippen molar-refractivity contribution in [1.29, 1.82) is 0 Å². The number of benzene rings is 2. The Balaban J connectivity index is 1.69. The average molecular weight is 436 g/mol. The van der Waals surface area contributed by atoms with E-state index in [9.17, 15) is 9.59 Å². The summed E-state index contributed by atoms with van der Waals surface area (Å²) in [5.41, 5.74) is 2.31. The van der Waals surface area contributed by atoms with Crippen LogP contribution in [0.5, 0.6) is 0 Å². The molecule has 3 atom stereocenters. The predicted molar refractivity (Wildman–Crippen MR) is 127 cm³/mol. The van der Waals surface area contributed by atoms with Gasteiger partial charge in [0.15, 0.2) is 5.16 Å². The van der Waals surface area contributed by atoms with Crippen molar-refractivity contribution < 1.29 is 4.79 Å². The second-order valence-electron chi connectivity index (χ2n) is 8.48. The number of amides is 1. The van der Waals surface area contributed by atoms with Gasteiger partial charge in [-0.2, -0.15) is 0 Å². The predicted octanol–water partition coefficient (Wildman–Crippen LogP) is 4.87. The number of carbonyl (C=O) groups excluding carboxylic acids is 1. The zero-order valence-corrected chi connectivity index (χ0v) is 19.1. The molecule has 1 aliphatic rings. The molecule has 2 aromatic carbocycles. The van der Waals surface area contributed by atoms with Crippen LogP contribution < -0.4 is 10.9 Å². The fourth-order valence-electron chi connectivity index (χ4n) is 4.26. The number of fused-ring (bicyclic) bond motifs is 1. The van der Waals surface area contributed by atoms with Crippen LogP contribution in [0.1, 0.15) is 45.1 Å². The quantitative estimate of drug-likeness (QED) is 0.459. The van der Waals surface area contributed by atoms with Crippen LogP contribution >= 0.6 is 11.8 Å². The van der Waals surface area contributed by atoms with Crippen molar-refractivity contribution in [2.75, 3.05) is 0 Å². The van der Waals surface area contributed by atoms with E-state index in [0.717, 1.165) is 30.5 Å². The topological polar surface area (TPSA) is 64.0 Å². The van der Waals surface area contributed by atoms with Crippen molar-refractivity contribution in [1.82, 2.24) is 14.9 Å². The number of aromatic nitrogens is 2. The fraction of sp³-hybridized carbons (Fsp3) is 0.400. The van der Waals surface area contributed by atoms with Crippen molar-refractivity contribution in [3.8, 4) is 5.69 Å². The highest BCUT2D eigenvalue weighted by Crippen LogP contribution is 2.28. The van der Waals surface area contributed by atoms with Crippen molar-refractivity contribution in [3.05, 3.63) is 64.4 Å². The molecule has 0 saturated heterocycles. The van der Waals surface area contributed by atoms with Gasteiger partial charge in [0.2, 0.25) is 5.91 Å². The van der Waals surface area contributed by atoms with Gasteiger partial charge in [-0.15, -0.1) is 0 Å². The highest BCUT2D eigenvalue weighted by Gasteiger charge is 2.26. The summed E-state index contributed by atoms with van der Waals surface area (Å²) >= 11 is 1.34. The number of hydrogen-bond donors (Lipinski definition) is 1. The van der Waals surface area contributed by atoms with E-state index in [0.29, 0.717) is 22.0 Å². The van der Waals surface area contributed by atoms with Gasteiger partial charge in [0.05, 0.1) is 21.8 Å². The average Bonchev–Trinajstić information content (AvgIpc) is 2.76.